The summed E-state index contributed by atoms with van der Waals surface area (Å²) in [5.74, 6) is -2.42. The van der Waals surface area contributed by atoms with E-state index in [0.717, 1.165) is 0 Å². The number of carboxylic acids is 1. The minimum absolute atomic E-state index is 0.0621. The molecule has 0 atom stereocenters. The first kappa shape index (κ1) is 15.4. The number of rotatable bonds is 6. The zero-order valence-corrected chi connectivity index (χ0v) is 10.6. The first-order chi connectivity index (χ1) is 9.52. The highest BCUT2D eigenvalue weighted by atomic mass is 16.4. The average Bonchev–Trinajstić information content (AvgIpc) is 2.44. The van der Waals surface area contributed by atoms with E-state index in [-0.39, 0.29) is 12.2 Å². The summed E-state index contributed by atoms with van der Waals surface area (Å²) < 4.78 is 0. The molecule has 0 aromatic heterocycles. The van der Waals surface area contributed by atoms with Crippen molar-refractivity contribution in [3.63, 3.8) is 0 Å². The zero-order chi connectivity index (χ0) is 15.0. The van der Waals surface area contributed by atoms with Crippen LogP contribution in [0.5, 0.6) is 0 Å². The molecule has 0 heterocycles. The Morgan fingerprint density at radius 1 is 1.20 bits per heavy atom. The van der Waals surface area contributed by atoms with Crippen molar-refractivity contribution in [1.29, 1.82) is 0 Å². The predicted molar refractivity (Wildman–Crippen MR) is 72.3 cm³/mol. The number of hydrogen-bond donors (Lipinski definition) is 4. The van der Waals surface area contributed by atoms with E-state index in [4.69, 9.17) is 10.8 Å². The second kappa shape index (κ2) is 7.70. The number of nitrogens with two attached hydrogens (primary N) is 1. The van der Waals surface area contributed by atoms with Gasteiger partial charge in [-0.15, -0.1) is 0 Å². The van der Waals surface area contributed by atoms with Crippen LogP contribution in [0, 0.1) is 0 Å². The van der Waals surface area contributed by atoms with Gasteiger partial charge in [-0.2, -0.15) is 0 Å². The van der Waals surface area contributed by atoms with Crippen LogP contribution in [0.25, 0.3) is 6.08 Å². The quantitative estimate of drug-likeness (QED) is 0.512. The van der Waals surface area contributed by atoms with Gasteiger partial charge >= 0.3 is 5.97 Å². The molecule has 7 heteroatoms. The number of carboxylic acid groups (broad SMARTS) is 1. The van der Waals surface area contributed by atoms with E-state index in [2.05, 4.69) is 10.6 Å². The number of hydrogen-bond acceptors (Lipinski definition) is 4. The molecular weight excluding hydrogens is 262 g/mol. The van der Waals surface area contributed by atoms with Gasteiger partial charge in [0.2, 0.25) is 5.91 Å². The standard InChI is InChI=1S/C13H15N3O4/c14-7-11(17)16-10(13(20)15-8-12(18)19)6-9-4-2-1-3-5-9/h1-6H,7-8,14H2,(H,15,20)(H,16,17)(H,18,19)/b10-6-. The van der Waals surface area contributed by atoms with E-state index in [0.29, 0.717) is 5.56 Å². The molecule has 106 valence electrons. The second-order valence-electron chi connectivity index (χ2n) is 3.80. The van der Waals surface area contributed by atoms with E-state index in [1.165, 1.54) is 6.08 Å². The molecule has 0 bridgehead atoms. The molecule has 0 saturated carbocycles. The largest absolute Gasteiger partial charge is 0.480 e. The molecule has 0 unspecified atom stereocenters. The molecule has 0 radical (unpaired) electrons. The van der Waals surface area contributed by atoms with E-state index in [9.17, 15) is 14.4 Å². The molecule has 1 rings (SSSR count). The maximum atomic E-state index is 11.8. The van der Waals surface area contributed by atoms with Crippen molar-refractivity contribution in [2.24, 2.45) is 5.73 Å². The molecule has 1 aromatic carbocycles. The second-order valence-corrected chi connectivity index (χ2v) is 3.80. The number of carbonyl (C=O) groups excluding carboxylic acids is 2. The van der Waals surface area contributed by atoms with Gasteiger partial charge < -0.3 is 21.5 Å². The third-order valence-electron chi connectivity index (χ3n) is 2.21. The summed E-state index contributed by atoms with van der Waals surface area (Å²) in [6.45, 7) is -0.818. The third-order valence-corrected chi connectivity index (χ3v) is 2.21. The van der Waals surface area contributed by atoms with Crippen LogP contribution in [0.4, 0.5) is 0 Å². The number of aliphatic carboxylic acids is 1. The first-order valence-electron chi connectivity index (χ1n) is 5.79. The summed E-state index contributed by atoms with van der Waals surface area (Å²) in [6.07, 6.45) is 1.44. The highest BCUT2D eigenvalue weighted by Gasteiger charge is 2.13. The maximum Gasteiger partial charge on any atom is 0.322 e. The minimum Gasteiger partial charge on any atom is -0.480 e. The topological polar surface area (TPSA) is 122 Å². The maximum absolute atomic E-state index is 11.8. The Kier molecular flexibility index (Phi) is 5.92. The molecule has 2 amide bonds. The number of nitrogens with one attached hydrogen (secondary N) is 2. The zero-order valence-electron chi connectivity index (χ0n) is 10.6. The molecule has 0 aliphatic heterocycles. The van der Waals surface area contributed by atoms with Crippen molar-refractivity contribution in [2.45, 2.75) is 0 Å². The fourth-order valence-corrected chi connectivity index (χ4v) is 1.33. The Hall–Kier alpha value is -2.67. The summed E-state index contributed by atoms with van der Waals surface area (Å²) in [6, 6.07) is 8.81. The summed E-state index contributed by atoms with van der Waals surface area (Å²) in [7, 11) is 0. The Balaban J connectivity index is 2.90. The fraction of sp³-hybridized carbons (Fsp3) is 0.154. The van der Waals surface area contributed by atoms with Crippen molar-refractivity contribution >= 4 is 23.9 Å². The van der Waals surface area contributed by atoms with E-state index < -0.39 is 24.3 Å². The van der Waals surface area contributed by atoms with Crippen LogP contribution in [0.2, 0.25) is 0 Å². The monoisotopic (exact) mass is 277 g/mol. The SMILES string of the molecule is NCC(=O)N/C(=C\c1ccccc1)C(=O)NCC(=O)O. The highest BCUT2D eigenvalue weighted by molar-refractivity contribution is 6.02. The van der Waals surface area contributed by atoms with Gasteiger partial charge in [-0.05, 0) is 11.6 Å². The highest BCUT2D eigenvalue weighted by Crippen LogP contribution is 2.04. The lowest BCUT2D eigenvalue weighted by Crippen LogP contribution is -2.39. The Bertz CT molecular complexity index is 526. The lowest BCUT2D eigenvalue weighted by atomic mass is 10.2. The normalized spacial score (nSPS) is 10.8. The van der Waals surface area contributed by atoms with Gasteiger partial charge in [-0.25, -0.2) is 0 Å². The molecule has 0 aliphatic rings. The molecule has 0 saturated heterocycles. The summed E-state index contributed by atoms with van der Waals surface area (Å²) in [4.78, 5) is 33.5. The van der Waals surface area contributed by atoms with Crippen molar-refractivity contribution in [3.8, 4) is 0 Å². The van der Waals surface area contributed by atoms with Crippen LogP contribution in [0.3, 0.4) is 0 Å². The van der Waals surface area contributed by atoms with Gasteiger partial charge in [0.1, 0.15) is 12.2 Å². The molecule has 1 aromatic rings. The summed E-state index contributed by atoms with van der Waals surface area (Å²) >= 11 is 0. The van der Waals surface area contributed by atoms with Gasteiger partial charge in [0.25, 0.3) is 5.91 Å². The third kappa shape index (κ3) is 5.32. The molecule has 0 aliphatic carbocycles. The molecule has 5 N–H and O–H groups in total. The number of benzene rings is 1. The number of amides is 2. The Labute approximate surface area is 115 Å². The number of carbonyl (C=O) groups is 3. The molecule has 0 spiro atoms. The molecule has 7 nitrogen and oxygen atoms in total. The van der Waals surface area contributed by atoms with Crippen molar-refractivity contribution in [2.75, 3.05) is 13.1 Å². The van der Waals surface area contributed by atoms with Crippen LogP contribution in [-0.4, -0.2) is 36.0 Å². The minimum atomic E-state index is -1.18. The summed E-state index contributed by atoms with van der Waals surface area (Å²) in [5, 5.41) is 13.0. The van der Waals surface area contributed by atoms with E-state index in [1.807, 2.05) is 0 Å². The smallest absolute Gasteiger partial charge is 0.322 e. The van der Waals surface area contributed by atoms with Crippen LogP contribution >= 0.6 is 0 Å². The van der Waals surface area contributed by atoms with Crippen LogP contribution in [-0.2, 0) is 14.4 Å². The summed E-state index contributed by atoms with van der Waals surface area (Å²) in [5.41, 5.74) is 5.79. The molecule has 20 heavy (non-hydrogen) atoms. The fourth-order valence-electron chi connectivity index (χ4n) is 1.33. The molecular formula is C13H15N3O4. The van der Waals surface area contributed by atoms with Crippen molar-refractivity contribution < 1.29 is 19.5 Å². The van der Waals surface area contributed by atoms with Gasteiger partial charge in [-0.1, -0.05) is 30.3 Å². The Morgan fingerprint density at radius 2 is 1.85 bits per heavy atom. The lowest BCUT2D eigenvalue weighted by molar-refractivity contribution is -0.137. The van der Waals surface area contributed by atoms with Crippen LogP contribution in [0.15, 0.2) is 36.0 Å². The van der Waals surface area contributed by atoms with E-state index >= 15 is 0 Å². The van der Waals surface area contributed by atoms with Gasteiger partial charge in [-0.3, -0.25) is 14.4 Å². The van der Waals surface area contributed by atoms with Crippen LogP contribution < -0.4 is 16.4 Å². The van der Waals surface area contributed by atoms with Gasteiger partial charge in [0, 0.05) is 0 Å². The van der Waals surface area contributed by atoms with Crippen molar-refractivity contribution in [3.05, 3.63) is 41.6 Å². The predicted octanol–water partition coefficient (Wildman–Crippen LogP) is -0.697. The van der Waals surface area contributed by atoms with Gasteiger partial charge in [0.15, 0.2) is 0 Å². The van der Waals surface area contributed by atoms with Crippen LogP contribution in [0.1, 0.15) is 5.56 Å². The van der Waals surface area contributed by atoms with Crippen molar-refractivity contribution in [1.82, 2.24) is 10.6 Å². The molecule has 0 fully saturated rings. The Morgan fingerprint density at radius 3 is 2.40 bits per heavy atom. The average molecular weight is 277 g/mol. The van der Waals surface area contributed by atoms with Gasteiger partial charge in [0.05, 0.1) is 6.54 Å². The lowest BCUT2D eigenvalue weighted by Gasteiger charge is -2.09. The first-order valence-corrected chi connectivity index (χ1v) is 5.79. The van der Waals surface area contributed by atoms with E-state index in [1.54, 1.807) is 30.3 Å².